The summed E-state index contributed by atoms with van der Waals surface area (Å²) in [5, 5.41) is 12.6. The zero-order valence-electron chi connectivity index (χ0n) is 18.7. The minimum Gasteiger partial charge on any atom is -0.481 e. The number of carbonyl (C=O) groups excluding carboxylic acids is 1. The molecule has 3 aromatic heterocycles. The van der Waals surface area contributed by atoms with E-state index >= 15 is 0 Å². The predicted octanol–water partition coefficient (Wildman–Crippen LogP) is 2.26. The molecule has 0 spiro atoms. The Kier molecular flexibility index (Phi) is 6.60. The van der Waals surface area contributed by atoms with Crippen LogP contribution in [0.5, 0.6) is 5.88 Å². The van der Waals surface area contributed by atoms with E-state index in [0.717, 1.165) is 0 Å². The molecule has 4 heterocycles. The van der Waals surface area contributed by atoms with E-state index in [9.17, 15) is 9.18 Å². The molecule has 1 aliphatic heterocycles. The second-order valence-corrected chi connectivity index (χ2v) is 7.79. The molecule has 0 saturated carbocycles. The van der Waals surface area contributed by atoms with Gasteiger partial charge in [0.25, 0.3) is 0 Å². The lowest BCUT2D eigenvalue weighted by Gasteiger charge is -2.16. The molecule has 0 aliphatic carbocycles. The number of carbonyl (C=O) groups is 1. The first-order chi connectivity index (χ1) is 15.9. The molecule has 13 heteroatoms. The largest absolute Gasteiger partial charge is 0.481 e. The Balaban J connectivity index is 1.49. The van der Waals surface area contributed by atoms with Gasteiger partial charge in [-0.2, -0.15) is 10.1 Å². The van der Waals surface area contributed by atoms with Gasteiger partial charge in [-0.1, -0.05) is 0 Å². The molecule has 33 heavy (non-hydrogen) atoms. The van der Waals surface area contributed by atoms with Crippen LogP contribution in [0.25, 0.3) is 5.65 Å². The average Bonchev–Trinajstić information content (AvgIpc) is 3.47. The zero-order chi connectivity index (χ0) is 23.5. The fraction of sp³-hybridized carbons (Fsp3) is 0.500. The monoisotopic (exact) mass is 463 g/mol. The number of halogens is 1. The molecule has 1 fully saturated rings. The second kappa shape index (κ2) is 9.58. The smallest absolute Gasteiger partial charge is 0.407 e. The van der Waals surface area contributed by atoms with Crippen LogP contribution in [-0.2, 0) is 20.8 Å². The molecule has 1 amide bonds. The summed E-state index contributed by atoms with van der Waals surface area (Å²) in [6.07, 6.45) is -2.43. The second-order valence-electron chi connectivity index (χ2n) is 7.79. The van der Waals surface area contributed by atoms with Gasteiger partial charge in [0, 0.05) is 31.5 Å². The molecule has 0 bridgehead atoms. The van der Waals surface area contributed by atoms with E-state index in [-0.39, 0.29) is 12.6 Å². The van der Waals surface area contributed by atoms with Crippen molar-refractivity contribution in [3.05, 3.63) is 29.7 Å². The Bertz CT molecular complexity index is 1120. The zero-order valence-corrected chi connectivity index (χ0v) is 18.7. The van der Waals surface area contributed by atoms with Gasteiger partial charge in [-0.15, -0.1) is 0 Å². The quantitative estimate of drug-likeness (QED) is 0.459. The molecule has 3 aromatic rings. The number of hydrogen-bond donors (Lipinski definition) is 3. The fourth-order valence-corrected chi connectivity index (χ4v) is 3.43. The van der Waals surface area contributed by atoms with Gasteiger partial charge in [-0.05, 0) is 13.8 Å². The first-order valence-electron chi connectivity index (χ1n) is 10.3. The number of nitrogens with one attached hydrogen (secondary N) is 3. The topological polar surface area (TPSA) is 137 Å². The third-order valence-electron chi connectivity index (χ3n) is 4.87. The van der Waals surface area contributed by atoms with Crippen molar-refractivity contribution in [3.8, 4) is 5.88 Å². The van der Waals surface area contributed by atoms with Crippen molar-refractivity contribution in [3.63, 3.8) is 0 Å². The summed E-state index contributed by atoms with van der Waals surface area (Å²) >= 11 is 0. The van der Waals surface area contributed by atoms with Crippen LogP contribution in [0.15, 0.2) is 18.3 Å². The van der Waals surface area contributed by atoms with Gasteiger partial charge >= 0.3 is 6.09 Å². The average molecular weight is 463 g/mol. The lowest BCUT2D eigenvalue weighted by atomic mass is 10.1. The van der Waals surface area contributed by atoms with Crippen molar-refractivity contribution in [1.82, 2.24) is 29.9 Å². The van der Waals surface area contributed by atoms with Crippen molar-refractivity contribution in [2.24, 2.45) is 0 Å². The molecule has 178 valence electrons. The maximum Gasteiger partial charge on any atom is 0.407 e. The van der Waals surface area contributed by atoms with Crippen LogP contribution < -0.4 is 15.4 Å². The van der Waals surface area contributed by atoms with Crippen molar-refractivity contribution in [2.75, 3.05) is 26.1 Å². The molecular weight excluding hydrogens is 437 g/mol. The van der Waals surface area contributed by atoms with Crippen LogP contribution in [-0.4, -0.2) is 69.8 Å². The van der Waals surface area contributed by atoms with Crippen molar-refractivity contribution in [2.45, 2.75) is 44.9 Å². The van der Waals surface area contributed by atoms with E-state index in [1.54, 1.807) is 43.7 Å². The molecular formula is C20H26FN7O5. The number of nitrogens with zero attached hydrogens (tertiary/aromatic N) is 4. The highest BCUT2D eigenvalue weighted by molar-refractivity contribution is 5.67. The number of ether oxygens (including phenoxy) is 4. The number of methoxy groups -OCH3 is 2. The summed E-state index contributed by atoms with van der Waals surface area (Å²) in [7, 11) is 3.09. The minimum atomic E-state index is -1.55. The standard InChI is InChI=1S/C20H26FN7O5/c1-10(2)22-20(29)33-13-9-32-18(17(13)21)12-5-14(27-26-12)24-19-25-16(31-4)6-15-23-11(8-30-3)7-28(15)19/h5-7,10,13,17-18H,8-9H2,1-4H3,(H,22,29)(H2,24,25,26,27)/t13-,17+,18-/m0/s1. The fourth-order valence-electron chi connectivity index (χ4n) is 3.43. The molecule has 1 saturated heterocycles. The van der Waals surface area contributed by atoms with Gasteiger partial charge < -0.3 is 29.6 Å². The van der Waals surface area contributed by atoms with Crippen LogP contribution in [0.1, 0.15) is 31.3 Å². The highest BCUT2D eigenvalue weighted by atomic mass is 19.1. The summed E-state index contributed by atoms with van der Waals surface area (Å²) in [6.45, 7) is 3.85. The number of H-pyrrole nitrogens is 1. The third kappa shape index (κ3) is 4.98. The molecule has 12 nitrogen and oxygen atoms in total. The van der Waals surface area contributed by atoms with Gasteiger partial charge in [-0.25, -0.2) is 14.2 Å². The third-order valence-corrected chi connectivity index (χ3v) is 4.87. The van der Waals surface area contributed by atoms with Gasteiger partial charge in [0.2, 0.25) is 11.8 Å². The number of rotatable bonds is 8. The number of anilines is 2. The number of alkyl halides is 1. The Morgan fingerprint density at radius 3 is 2.91 bits per heavy atom. The molecule has 0 unspecified atom stereocenters. The van der Waals surface area contributed by atoms with Crippen molar-refractivity contribution >= 4 is 23.5 Å². The SMILES string of the molecule is COCc1cn2c(Nc3cc([C@@H]4OC[C@H](OC(=O)NC(C)C)[C@H]4F)[nH]n3)nc(OC)cc2n1. The highest BCUT2D eigenvalue weighted by Crippen LogP contribution is 2.33. The Labute approximate surface area is 188 Å². The number of imidazole rings is 1. The van der Waals surface area contributed by atoms with E-state index in [1.807, 2.05) is 0 Å². The van der Waals surface area contributed by atoms with E-state index in [4.69, 9.17) is 18.9 Å². The van der Waals surface area contributed by atoms with Gasteiger partial charge in [0.05, 0.1) is 31.7 Å². The molecule has 0 aromatic carbocycles. The van der Waals surface area contributed by atoms with E-state index in [1.165, 1.54) is 7.11 Å². The van der Waals surface area contributed by atoms with Gasteiger partial charge in [0.1, 0.15) is 11.8 Å². The number of alkyl carbamates (subject to hydrolysis) is 1. The van der Waals surface area contributed by atoms with Crippen LogP contribution >= 0.6 is 0 Å². The number of aromatic amines is 1. The minimum absolute atomic E-state index is 0.0610. The first kappa shape index (κ1) is 22.7. The summed E-state index contributed by atoms with van der Waals surface area (Å²) < 4.78 is 37.7. The maximum absolute atomic E-state index is 14.9. The maximum atomic E-state index is 14.9. The molecule has 0 radical (unpaired) electrons. The molecule has 3 N–H and O–H groups in total. The lowest BCUT2D eigenvalue weighted by molar-refractivity contribution is 0.0615. The van der Waals surface area contributed by atoms with Crippen LogP contribution in [0.3, 0.4) is 0 Å². The van der Waals surface area contributed by atoms with Crippen molar-refractivity contribution < 1.29 is 28.1 Å². The Morgan fingerprint density at radius 2 is 2.18 bits per heavy atom. The summed E-state index contributed by atoms with van der Waals surface area (Å²) in [4.78, 5) is 20.7. The summed E-state index contributed by atoms with van der Waals surface area (Å²) in [5.41, 5.74) is 1.71. The molecule has 1 aliphatic rings. The van der Waals surface area contributed by atoms with Crippen LogP contribution in [0, 0.1) is 0 Å². The Morgan fingerprint density at radius 1 is 1.36 bits per heavy atom. The van der Waals surface area contributed by atoms with Crippen LogP contribution in [0.2, 0.25) is 0 Å². The number of hydrogen-bond acceptors (Lipinski definition) is 9. The van der Waals surface area contributed by atoms with Gasteiger partial charge in [-0.3, -0.25) is 9.50 Å². The van der Waals surface area contributed by atoms with E-state index in [2.05, 4.69) is 30.8 Å². The normalized spacial score (nSPS) is 20.4. The first-order valence-corrected chi connectivity index (χ1v) is 10.3. The Hall–Kier alpha value is -3.45. The van der Waals surface area contributed by atoms with Crippen molar-refractivity contribution in [1.29, 1.82) is 0 Å². The number of amides is 1. The summed E-state index contributed by atoms with van der Waals surface area (Å²) in [5.74, 6) is 1.14. The van der Waals surface area contributed by atoms with Crippen LogP contribution in [0.4, 0.5) is 21.0 Å². The molecule has 3 atom stereocenters. The number of fused-ring (bicyclic) bond motifs is 1. The van der Waals surface area contributed by atoms with E-state index in [0.29, 0.717) is 41.3 Å². The van der Waals surface area contributed by atoms with Gasteiger partial charge in [0.15, 0.2) is 18.1 Å². The number of aromatic nitrogens is 5. The highest BCUT2D eigenvalue weighted by Gasteiger charge is 2.42. The molecule has 4 rings (SSSR count). The summed E-state index contributed by atoms with van der Waals surface area (Å²) in [6, 6.07) is 3.18. The predicted molar refractivity (Wildman–Crippen MR) is 114 cm³/mol. The van der Waals surface area contributed by atoms with E-state index < -0.39 is 24.5 Å². The lowest BCUT2D eigenvalue weighted by Crippen LogP contribution is -2.36.